The number of carbonyl (C=O) groups is 1. The Kier molecular flexibility index (Phi) is 7.83. The van der Waals surface area contributed by atoms with Gasteiger partial charge in [0.1, 0.15) is 0 Å². The summed E-state index contributed by atoms with van der Waals surface area (Å²) in [6.07, 6.45) is 6.33. The Morgan fingerprint density at radius 2 is 1.79 bits per heavy atom. The molecule has 38 heavy (non-hydrogen) atoms. The Hall–Kier alpha value is -2.83. The average molecular weight is 559 g/mol. The van der Waals surface area contributed by atoms with Gasteiger partial charge < -0.3 is 14.5 Å². The van der Waals surface area contributed by atoms with Crippen molar-refractivity contribution < 1.29 is 17.9 Å². The molecule has 0 aromatic carbocycles. The second-order valence-corrected chi connectivity index (χ2v) is 13.1. The molecule has 2 aliphatic heterocycles. The van der Waals surface area contributed by atoms with Gasteiger partial charge in [-0.05, 0) is 30.7 Å². The van der Waals surface area contributed by atoms with E-state index >= 15 is 0 Å². The number of hydrogen-bond donors (Lipinski definition) is 0. The predicted molar refractivity (Wildman–Crippen MR) is 149 cm³/mol. The topological polar surface area (TPSA) is 109 Å². The largest absolute Gasteiger partial charge is 0.481 e. The van der Waals surface area contributed by atoms with Crippen molar-refractivity contribution in [1.29, 1.82) is 0 Å². The van der Waals surface area contributed by atoms with Crippen LogP contribution in [0.3, 0.4) is 0 Å². The van der Waals surface area contributed by atoms with Gasteiger partial charge >= 0.3 is 0 Å². The van der Waals surface area contributed by atoms with Crippen LogP contribution in [0, 0.1) is 0 Å². The summed E-state index contributed by atoms with van der Waals surface area (Å²) in [5, 5.41) is 2.15. The molecule has 0 radical (unpaired) electrons. The van der Waals surface area contributed by atoms with E-state index in [1.807, 2.05) is 11.0 Å². The van der Waals surface area contributed by atoms with Gasteiger partial charge in [-0.3, -0.25) is 9.69 Å². The Labute approximate surface area is 227 Å². The number of anilines is 1. The normalized spacial score (nSPS) is 17.2. The van der Waals surface area contributed by atoms with Crippen LogP contribution in [0.1, 0.15) is 37.3 Å². The smallest absolute Gasteiger partial charge is 0.226 e. The minimum Gasteiger partial charge on any atom is -0.481 e. The molecule has 3 aromatic heterocycles. The minimum atomic E-state index is -3.29. The quantitative estimate of drug-likeness (QED) is 0.432. The first-order valence-corrected chi connectivity index (χ1v) is 15.9. The van der Waals surface area contributed by atoms with Gasteiger partial charge in [-0.2, -0.15) is 0 Å². The summed E-state index contributed by atoms with van der Waals surface area (Å²) in [4.78, 5) is 32.7. The van der Waals surface area contributed by atoms with Crippen LogP contribution in [0.15, 0.2) is 17.6 Å². The highest BCUT2D eigenvalue weighted by atomic mass is 32.2. The van der Waals surface area contributed by atoms with E-state index < -0.39 is 9.84 Å². The molecule has 2 saturated heterocycles. The number of rotatable bonds is 7. The molecular weight excluding hydrogens is 524 g/mol. The van der Waals surface area contributed by atoms with Gasteiger partial charge in [-0.25, -0.2) is 23.4 Å². The summed E-state index contributed by atoms with van der Waals surface area (Å²) < 4.78 is 30.5. The number of fused-ring (bicyclic) bond motifs is 1. The number of carbonyl (C=O) groups excluding carboxylic acids is 1. The van der Waals surface area contributed by atoms with Crippen molar-refractivity contribution in [2.45, 2.75) is 38.5 Å². The Morgan fingerprint density at radius 1 is 1.05 bits per heavy atom. The molecule has 12 heteroatoms. The SMILES string of the molecule is COc1ncc(-c2nc(N3CCCCC3)nc3c(CN4CCN(C(C)=O)CC4)csc23)cc1CS(C)(=O)=O. The van der Waals surface area contributed by atoms with Crippen LogP contribution >= 0.6 is 11.3 Å². The van der Waals surface area contributed by atoms with Gasteiger partial charge in [0.05, 0.1) is 28.8 Å². The number of piperazine rings is 1. The molecule has 2 aliphatic rings. The number of nitrogens with zero attached hydrogens (tertiary/aromatic N) is 6. The highest BCUT2D eigenvalue weighted by Crippen LogP contribution is 2.37. The molecule has 1 amide bonds. The zero-order chi connectivity index (χ0) is 26.9. The molecule has 204 valence electrons. The Balaban J connectivity index is 1.55. The van der Waals surface area contributed by atoms with Crippen molar-refractivity contribution in [1.82, 2.24) is 24.8 Å². The lowest BCUT2D eigenvalue weighted by Gasteiger charge is -2.34. The van der Waals surface area contributed by atoms with Crippen LogP contribution in [0.25, 0.3) is 21.5 Å². The Morgan fingerprint density at radius 3 is 2.45 bits per heavy atom. The van der Waals surface area contributed by atoms with Crippen molar-refractivity contribution in [2.75, 3.05) is 57.5 Å². The maximum absolute atomic E-state index is 12.1. The second-order valence-electron chi connectivity index (χ2n) is 10.1. The average Bonchev–Trinajstić information content (AvgIpc) is 3.30. The predicted octanol–water partition coefficient (Wildman–Crippen LogP) is 2.96. The van der Waals surface area contributed by atoms with E-state index in [1.54, 1.807) is 24.5 Å². The number of ether oxygens (including phenoxy) is 1. The summed E-state index contributed by atoms with van der Waals surface area (Å²) in [7, 11) is -1.79. The zero-order valence-corrected chi connectivity index (χ0v) is 23.8. The number of pyridine rings is 1. The summed E-state index contributed by atoms with van der Waals surface area (Å²) in [6, 6.07) is 1.83. The third kappa shape index (κ3) is 5.92. The first-order valence-electron chi connectivity index (χ1n) is 12.9. The number of hydrogen-bond acceptors (Lipinski definition) is 10. The fourth-order valence-corrected chi connectivity index (χ4v) is 6.94. The van der Waals surface area contributed by atoms with E-state index in [-0.39, 0.29) is 11.7 Å². The van der Waals surface area contributed by atoms with Crippen LogP contribution in [0.5, 0.6) is 5.88 Å². The fraction of sp³-hybridized carbons (Fsp3) is 0.538. The summed E-state index contributed by atoms with van der Waals surface area (Å²) >= 11 is 1.60. The van der Waals surface area contributed by atoms with Gasteiger partial charge in [0.25, 0.3) is 0 Å². The van der Waals surface area contributed by atoms with Crippen molar-refractivity contribution in [3.8, 4) is 17.1 Å². The van der Waals surface area contributed by atoms with Crippen LogP contribution in [0.4, 0.5) is 5.95 Å². The van der Waals surface area contributed by atoms with Crippen molar-refractivity contribution >= 4 is 43.2 Å². The summed E-state index contributed by atoms with van der Waals surface area (Å²) in [5.41, 5.74) is 4.09. The number of piperidine rings is 1. The van der Waals surface area contributed by atoms with Gasteiger partial charge in [-0.1, -0.05) is 0 Å². The van der Waals surface area contributed by atoms with Crippen molar-refractivity contribution in [3.05, 3.63) is 28.8 Å². The lowest BCUT2D eigenvalue weighted by atomic mass is 10.1. The van der Waals surface area contributed by atoms with Gasteiger partial charge in [-0.15, -0.1) is 11.3 Å². The molecule has 0 atom stereocenters. The van der Waals surface area contributed by atoms with E-state index in [1.165, 1.54) is 19.8 Å². The molecule has 0 unspecified atom stereocenters. The minimum absolute atomic E-state index is 0.123. The fourth-order valence-electron chi connectivity index (χ4n) is 5.16. The van der Waals surface area contributed by atoms with E-state index in [9.17, 15) is 13.2 Å². The molecule has 3 aromatic rings. The molecule has 10 nitrogen and oxygen atoms in total. The molecule has 0 bridgehead atoms. The molecule has 5 rings (SSSR count). The van der Waals surface area contributed by atoms with Gasteiger partial charge in [0.2, 0.25) is 17.7 Å². The third-order valence-electron chi connectivity index (χ3n) is 7.14. The molecular formula is C26H34N6O4S2. The van der Waals surface area contributed by atoms with E-state index in [4.69, 9.17) is 14.7 Å². The molecule has 2 fully saturated rings. The lowest BCUT2D eigenvalue weighted by molar-refractivity contribution is -0.130. The molecule has 0 aliphatic carbocycles. The number of methoxy groups -OCH3 is 1. The van der Waals surface area contributed by atoms with Crippen LogP contribution in [0.2, 0.25) is 0 Å². The van der Waals surface area contributed by atoms with Gasteiger partial charge in [0.15, 0.2) is 9.84 Å². The molecule has 0 spiro atoms. The highest BCUT2D eigenvalue weighted by Gasteiger charge is 2.24. The number of sulfone groups is 1. The zero-order valence-electron chi connectivity index (χ0n) is 22.1. The highest BCUT2D eigenvalue weighted by molar-refractivity contribution is 7.89. The number of thiophene rings is 1. The van der Waals surface area contributed by atoms with E-state index in [0.717, 1.165) is 85.7 Å². The van der Waals surface area contributed by atoms with Crippen molar-refractivity contribution in [3.63, 3.8) is 0 Å². The van der Waals surface area contributed by atoms with Crippen molar-refractivity contribution in [2.24, 2.45) is 0 Å². The van der Waals surface area contributed by atoms with Crippen LogP contribution in [-0.4, -0.2) is 91.7 Å². The standard InChI is InChI=1S/C26H34N6O4S2/c1-18(33)31-11-9-30(10-12-31)15-21-16-37-24-22(28-26(29-23(21)24)32-7-5-4-6-8-32)19-13-20(17-38(3,34)35)25(36-2)27-14-19/h13-14,16H,4-12,15,17H2,1-3H3. The lowest BCUT2D eigenvalue weighted by Crippen LogP contribution is -2.47. The molecule has 0 N–H and O–H groups in total. The first kappa shape index (κ1) is 26.8. The van der Waals surface area contributed by atoms with Crippen LogP contribution < -0.4 is 9.64 Å². The van der Waals surface area contributed by atoms with Gasteiger partial charge in [0, 0.05) is 81.9 Å². The maximum Gasteiger partial charge on any atom is 0.226 e. The second kappa shape index (κ2) is 11.1. The van der Waals surface area contributed by atoms with E-state index in [0.29, 0.717) is 17.4 Å². The number of aromatic nitrogens is 3. The third-order valence-corrected chi connectivity index (χ3v) is 9.00. The number of amides is 1. The van der Waals surface area contributed by atoms with Crippen LogP contribution in [-0.2, 0) is 26.9 Å². The van der Waals surface area contributed by atoms with E-state index in [2.05, 4.69) is 20.2 Å². The monoisotopic (exact) mass is 558 g/mol. The molecule has 5 heterocycles. The summed E-state index contributed by atoms with van der Waals surface area (Å²) in [5.74, 6) is 0.968. The molecule has 0 saturated carbocycles. The Bertz CT molecular complexity index is 1430. The first-order chi connectivity index (χ1) is 18.2. The summed E-state index contributed by atoms with van der Waals surface area (Å²) in [6.45, 7) is 7.32. The maximum atomic E-state index is 12.1.